The van der Waals surface area contributed by atoms with Crippen LogP contribution in [0.1, 0.15) is 35.1 Å². The third kappa shape index (κ3) is 2.99. The van der Waals surface area contributed by atoms with Gasteiger partial charge in [-0.05, 0) is 27.8 Å². The molecule has 104 valence electrons. The van der Waals surface area contributed by atoms with E-state index >= 15 is 0 Å². The van der Waals surface area contributed by atoms with Gasteiger partial charge in [0.05, 0.1) is 33.2 Å². The van der Waals surface area contributed by atoms with Crippen molar-refractivity contribution in [1.82, 2.24) is 20.1 Å². The molecule has 0 bridgehead atoms. The van der Waals surface area contributed by atoms with Crippen LogP contribution in [-0.4, -0.2) is 21.8 Å². The number of likely N-dealkylation sites (N-methyl/N-ethyl adjacent to an activating group) is 1. The van der Waals surface area contributed by atoms with Crippen LogP contribution in [0.2, 0.25) is 5.02 Å². The first-order valence-corrected chi connectivity index (χ1v) is 7.63. The van der Waals surface area contributed by atoms with Gasteiger partial charge in [0, 0.05) is 18.3 Å². The van der Waals surface area contributed by atoms with Crippen molar-refractivity contribution in [3.8, 4) is 0 Å². The van der Waals surface area contributed by atoms with E-state index in [0.29, 0.717) is 0 Å². The summed E-state index contributed by atoms with van der Waals surface area (Å²) in [6, 6.07) is 0.170. The van der Waals surface area contributed by atoms with Crippen LogP contribution in [0.15, 0.2) is 5.38 Å². The van der Waals surface area contributed by atoms with Gasteiger partial charge in [-0.2, -0.15) is 5.10 Å². The number of rotatable bonds is 5. The maximum absolute atomic E-state index is 6.36. The van der Waals surface area contributed by atoms with Crippen molar-refractivity contribution in [2.24, 2.45) is 0 Å². The van der Waals surface area contributed by atoms with Crippen LogP contribution in [0.3, 0.4) is 0 Å². The van der Waals surface area contributed by atoms with Gasteiger partial charge < -0.3 is 5.32 Å². The SMILES string of the molecule is CCn1nc(C)c(Cl)c1CC(NC)c1csc(C)n1. The molecule has 1 unspecified atom stereocenters. The number of nitrogens with zero attached hydrogens (tertiary/aromatic N) is 3. The van der Waals surface area contributed by atoms with Gasteiger partial charge in [0.15, 0.2) is 0 Å². The van der Waals surface area contributed by atoms with Gasteiger partial charge in [-0.3, -0.25) is 4.68 Å². The molecular formula is C13H19ClN4S. The van der Waals surface area contributed by atoms with E-state index in [-0.39, 0.29) is 6.04 Å². The number of halogens is 1. The second kappa shape index (κ2) is 6.03. The average molecular weight is 299 g/mol. The highest BCUT2D eigenvalue weighted by molar-refractivity contribution is 7.09. The van der Waals surface area contributed by atoms with Crippen LogP contribution in [-0.2, 0) is 13.0 Å². The molecule has 0 saturated heterocycles. The number of aryl methyl sites for hydroxylation is 3. The molecule has 1 atom stereocenters. The lowest BCUT2D eigenvalue weighted by atomic mass is 10.1. The Morgan fingerprint density at radius 2 is 2.21 bits per heavy atom. The Morgan fingerprint density at radius 1 is 1.47 bits per heavy atom. The minimum Gasteiger partial charge on any atom is -0.311 e. The molecule has 4 nitrogen and oxygen atoms in total. The average Bonchev–Trinajstić information content (AvgIpc) is 2.93. The van der Waals surface area contributed by atoms with Gasteiger partial charge in [-0.25, -0.2) is 4.98 Å². The molecule has 0 fully saturated rings. The van der Waals surface area contributed by atoms with E-state index in [2.05, 4.69) is 27.7 Å². The van der Waals surface area contributed by atoms with Crippen LogP contribution in [0.4, 0.5) is 0 Å². The minimum atomic E-state index is 0.170. The summed E-state index contributed by atoms with van der Waals surface area (Å²) in [6.07, 6.45) is 0.799. The number of nitrogens with one attached hydrogen (secondary N) is 1. The number of hydrogen-bond acceptors (Lipinski definition) is 4. The normalized spacial score (nSPS) is 12.9. The van der Waals surface area contributed by atoms with Gasteiger partial charge >= 0.3 is 0 Å². The summed E-state index contributed by atoms with van der Waals surface area (Å²) < 4.78 is 1.97. The van der Waals surface area contributed by atoms with Crippen molar-refractivity contribution in [3.63, 3.8) is 0 Å². The van der Waals surface area contributed by atoms with Gasteiger partial charge in [0.25, 0.3) is 0 Å². The Kier molecular flexibility index (Phi) is 4.60. The molecular weight excluding hydrogens is 280 g/mol. The standard InChI is InChI=1S/C13H19ClN4S/c1-5-18-12(13(14)8(2)17-18)6-10(15-4)11-7-19-9(3)16-11/h7,10,15H,5-6H2,1-4H3. The fourth-order valence-electron chi connectivity index (χ4n) is 2.15. The Bertz CT molecular complexity index is 561. The van der Waals surface area contributed by atoms with E-state index in [1.807, 2.05) is 25.6 Å². The van der Waals surface area contributed by atoms with E-state index in [4.69, 9.17) is 11.6 Å². The van der Waals surface area contributed by atoms with Crippen molar-refractivity contribution in [1.29, 1.82) is 0 Å². The fraction of sp³-hybridized carbons (Fsp3) is 0.538. The van der Waals surface area contributed by atoms with Gasteiger partial charge in [-0.15, -0.1) is 11.3 Å². The Morgan fingerprint density at radius 3 is 2.74 bits per heavy atom. The summed E-state index contributed by atoms with van der Waals surface area (Å²) in [6.45, 7) is 6.87. The van der Waals surface area contributed by atoms with E-state index in [1.165, 1.54) is 0 Å². The molecule has 0 aliphatic heterocycles. The fourth-order valence-corrected chi connectivity index (χ4v) is 3.03. The highest BCUT2D eigenvalue weighted by atomic mass is 35.5. The first-order valence-electron chi connectivity index (χ1n) is 6.37. The van der Waals surface area contributed by atoms with Crippen molar-refractivity contribution in [2.45, 2.75) is 39.8 Å². The highest BCUT2D eigenvalue weighted by Crippen LogP contribution is 2.26. The molecule has 0 aliphatic carbocycles. The molecule has 0 aromatic carbocycles. The predicted molar refractivity (Wildman–Crippen MR) is 80.0 cm³/mol. The molecule has 1 N–H and O–H groups in total. The molecule has 2 rings (SSSR count). The van der Waals surface area contributed by atoms with Crippen LogP contribution >= 0.6 is 22.9 Å². The summed E-state index contributed by atoms with van der Waals surface area (Å²) >= 11 is 8.03. The Hall–Kier alpha value is -0.910. The zero-order valence-corrected chi connectivity index (χ0v) is 13.3. The van der Waals surface area contributed by atoms with E-state index in [0.717, 1.165) is 40.1 Å². The molecule has 0 amide bonds. The first kappa shape index (κ1) is 14.5. The van der Waals surface area contributed by atoms with Crippen LogP contribution < -0.4 is 5.32 Å². The summed E-state index contributed by atoms with van der Waals surface area (Å²) in [5.41, 5.74) is 3.04. The van der Waals surface area contributed by atoms with Crippen LogP contribution in [0.25, 0.3) is 0 Å². The molecule has 0 saturated carbocycles. The largest absolute Gasteiger partial charge is 0.311 e. The van der Waals surface area contributed by atoms with Crippen LogP contribution in [0, 0.1) is 13.8 Å². The zero-order chi connectivity index (χ0) is 14.0. The van der Waals surface area contributed by atoms with E-state index < -0.39 is 0 Å². The third-order valence-electron chi connectivity index (χ3n) is 3.19. The molecule has 2 heterocycles. The van der Waals surface area contributed by atoms with Gasteiger partial charge in [0.2, 0.25) is 0 Å². The lowest BCUT2D eigenvalue weighted by Crippen LogP contribution is -2.21. The number of aromatic nitrogens is 3. The number of thiazole rings is 1. The Labute approximate surface area is 122 Å². The quantitative estimate of drug-likeness (QED) is 0.922. The lowest BCUT2D eigenvalue weighted by Gasteiger charge is -2.15. The molecule has 0 radical (unpaired) electrons. The van der Waals surface area contributed by atoms with Crippen molar-refractivity contribution in [3.05, 3.63) is 32.5 Å². The summed E-state index contributed by atoms with van der Waals surface area (Å²) in [5, 5.41) is 11.7. The predicted octanol–water partition coefficient (Wildman–Crippen LogP) is 3.13. The lowest BCUT2D eigenvalue weighted by molar-refractivity contribution is 0.533. The zero-order valence-electron chi connectivity index (χ0n) is 11.7. The maximum atomic E-state index is 6.36. The second-order valence-corrected chi connectivity index (χ2v) is 5.94. The minimum absolute atomic E-state index is 0.170. The molecule has 2 aromatic heterocycles. The molecule has 0 aliphatic rings. The van der Waals surface area contributed by atoms with Gasteiger partial charge in [0.1, 0.15) is 0 Å². The maximum Gasteiger partial charge on any atom is 0.0898 e. The Balaban J connectivity index is 2.28. The smallest absolute Gasteiger partial charge is 0.0898 e. The summed E-state index contributed by atoms with van der Waals surface area (Å²) in [5.74, 6) is 0. The summed E-state index contributed by atoms with van der Waals surface area (Å²) in [4.78, 5) is 4.55. The molecule has 0 spiro atoms. The second-order valence-electron chi connectivity index (χ2n) is 4.50. The molecule has 2 aromatic rings. The van der Waals surface area contributed by atoms with Crippen LogP contribution in [0.5, 0.6) is 0 Å². The van der Waals surface area contributed by atoms with E-state index in [9.17, 15) is 0 Å². The van der Waals surface area contributed by atoms with Gasteiger partial charge in [-0.1, -0.05) is 11.6 Å². The molecule has 6 heteroatoms. The first-order chi connectivity index (χ1) is 9.06. The van der Waals surface area contributed by atoms with Crippen molar-refractivity contribution < 1.29 is 0 Å². The van der Waals surface area contributed by atoms with E-state index in [1.54, 1.807) is 11.3 Å². The topological polar surface area (TPSA) is 42.7 Å². The summed E-state index contributed by atoms with van der Waals surface area (Å²) in [7, 11) is 1.95. The monoisotopic (exact) mass is 298 g/mol. The third-order valence-corrected chi connectivity index (χ3v) is 4.48. The van der Waals surface area contributed by atoms with Crippen molar-refractivity contribution >= 4 is 22.9 Å². The highest BCUT2D eigenvalue weighted by Gasteiger charge is 2.19. The molecule has 19 heavy (non-hydrogen) atoms. The van der Waals surface area contributed by atoms with Crippen molar-refractivity contribution in [2.75, 3.05) is 7.05 Å². The number of hydrogen-bond donors (Lipinski definition) is 1.